The quantitative estimate of drug-likeness (QED) is 0.891. The Bertz CT molecular complexity index is 493. The Morgan fingerprint density at radius 2 is 2.00 bits per heavy atom. The van der Waals surface area contributed by atoms with E-state index < -0.39 is 12.0 Å². The second-order valence-electron chi connectivity index (χ2n) is 5.29. The lowest BCUT2D eigenvalue weighted by atomic mass is 9.95. The van der Waals surface area contributed by atoms with Gasteiger partial charge in [-0.25, -0.2) is 4.79 Å². The van der Waals surface area contributed by atoms with Crippen molar-refractivity contribution in [3.63, 3.8) is 0 Å². The van der Waals surface area contributed by atoms with Crippen molar-refractivity contribution in [1.29, 1.82) is 0 Å². The highest BCUT2D eigenvalue weighted by Gasteiger charge is 2.26. The van der Waals surface area contributed by atoms with Gasteiger partial charge >= 0.3 is 5.97 Å². The van der Waals surface area contributed by atoms with Crippen LogP contribution in [0.4, 0.5) is 0 Å². The fourth-order valence-electron chi connectivity index (χ4n) is 2.42. The van der Waals surface area contributed by atoms with Gasteiger partial charge in [-0.1, -0.05) is 13.8 Å². The van der Waals surface area contributed by atoms with Gasteiger partial charge in [-0.2, -0.15) is 0 Å². The zero-order valence-electron chi connectivity index (χ0n) is 11.2. The van der Waals surface area contributed by atoms with Gasteiger partial charge in [-0.3, -0.25) is 4.79 Å². The highest BCUT2D eigenvalue weighted by atomic mass is 32.1. The Kier molecular flexibility index (Phi) is 4.24. The number of carbonyl (C=O) groups excluding carboxylic acids is 1. The standard InChI is InChI=1S/C14H19NO3S/c1-8(2)12(14(17)18)15-13(16)10-7-19-11-6-4-3-5-9(10)11/h7-8,12H,3-6H2,1-2H3,(H,15,16)(H,17,18)/t12-/m0/s1. The van der Waals surface area contributed by atoms with Crippen LogP contribution in [0.15, 0.2) is 5.38 Å². The minimum Gasteiger partial charge on any atom is -0.480 e. The van der Waals surface area contributed by atoms with Gasteiger partial charge in [0.2, 0.25) is 0 Å². The third kappa shape index (κ3) is 2.97. The van der Waals surface area contributed by atoms with E-state index in [2.05, 4.69) is 5.32 Å². The number of aryl methyl sites for hydroxylation is 1. The minimum atomic E-state index is -0.979. The third-order valence-corrected chi connectivity index (χ3v) is 4.61. The van der Waals surface area contributed by atoms with Gasteiger partial charge in [-0.05, 0) is 37.2 Å². The predicted octanol–water partition coefficient (Wildman–Crippen LogP) is 2.47. The molecule has 5 heteroatoms. The van der Waals surface area contributed by atoms with E-state index in [1.807, 2.05) is 5.38 Å². The molecular formula is C14H19NO3S. The molecule has 2 N–H and O–H groups in total. The third-order valence-electron chi connectivity index (χ3n) is 3.53. The van der Waals surface area contributed by atoms with Crippen LogP contribution in [0.3, 0.4) is 0 Å². The number of carboxylic acid groups (broad SMARTS) is 1. The average Bonchev–Trinajstić information content (AvgIpc) is 2.78. The van der Waals surface area contributed by atoms with Gasteiger partial charge in [-0.15, -0.1) is 11.3 Å². The molecular weight excluding hydrogens is 262 g/mol. The van der Waals surface area contributed by atoms with E-state index in [-0.39, 0.29) is 11.8 Å². The summed E-state index contributed by atoms with van der Waals surface area (Å²) < 4.78 is 0. The first-order valence-corrected chi connectivity index (χ1v) is 7.51. The number of carbonyl (C=O) groups is 2. The number of thiophene rings is 1. The molecule has 0 radical (unpaired) electrons. The molecule has 1 amide bonds. The van der Waals surface area contributed by atoms with Crippen LogP contribution in [-0.4, -0.2) is 23.0 Å². The van der Waals surface area contributed by atoms with Crippen molar-refractivity contribution < 1.29 is 14.7 Å². The first kappa shape index (κ1) is 14.1. The predicted molar refractivity (Wildman–Crippen MR) is 74.7 cm³/mol. The van der Waals surface area contributed by atoms with Crippen LogP contribution in [0.1, 0.15) is 47.5 Å². The largest absolute Gasteiger partial charge is 0.480 e. The SMILES string of the molecule is CC(C)[C@H](NC(=O)c1csc2c1CCCC2)C(=O)O. The lowest BCUT2D eigenvalue weighted by Gasteiger charge is -2.19. The summed E-state index contributed by atoms with van der Waals surface area (Å²) in [6.45, 7) is 3.59. The molecule has 0 aliphatic heterocycles. The number of nitrogens with one attached hydrogen (secondary N) is 1. The summed E-state index contributed by atoms with van der Waals surface area (Å²) in [5, 5.41) is 13.6. The van der Waals surface area contributed by atoms with Crippen molar-refractivity contribution in [1.82, 2.24) is 5.32 Å². The monoisotopic (exact) mass is 281 g/mol. The molecule has 0 bridgehead atoms. The Balaban J connectivity index is 2.16. The lowest BCUT2D eigenvalue weighted by molar-refractivity contribution is -0.140. The summed E-state index contributed by atoms with van der Waals surface area (Å²) in [5.41, 5.74) is 1.80. The van der Waals surface area contributed by atoms with E-state index in [0.29, 0.717) is 5.56 Å². The zero-order valence-corrected chi connectivity index (χ0v) is 12.0. The summed E-state index contributed by atoms with van der Waals surface area (Å²) >= 11 is 1.62. The molecule has 0 spiro atoms. The van der Waals surface area contributed by atoms with Crippen molar-refractivity contribution in [3.8, 4) is 0 Å². The van der Waals surface area contributed by atoms with Gasteiger partial charge in [0, 0.05) is 10.3 Å². The molecule has 1 atom stereocenters. The van der Waals surface area contributed by atoms with Gasteiger partial charge < -0.3 is 10.4 Å². The van der Waals surface area contributed by atoms with Gasteiger partial charge in [0.15, 0.2) is 0 Å². The highest BCUT2D eigenvalue weighted by Crippen LogP contribution is 2.30. The second-order valence-corrected chi connectivity index (χ2v) is 6.26. The molecule has 4 nitrogen and oxygen atoms in total. The lowest BCUT2D eigenvalue weighted by Crippen LogP contribution is -2.44. The topological polar surface area (TPSA) is 66.4 Å². The van der Waals surface area contributed by atoms with Gasteiger partial charge in [0.25, 0.3) is 5.91 Å². The maximum absolute atomic E-state index is 12.2. The number of aliphatic carboxylic acids is 1. The molecule has 104 valence electrons. The molecule has 0 aromatic carbocycles. The fourth-order valence-corrected chi connectivity index (χ4v) is 3.54. The Hall–Kier alpha value is -1.36. The van der Waals surface area contributed by atoms with Crippen molar-refractivity contribution >= 4 is 23.2 Å². The molecule has 0 saturated carbocycles. The van der Waals surface area contributed by atoms with Crippen molar-refractivity contribution in [2.24, 2.45) is 5.92 Å². The summed E-state index contributed by atoms with van der Waals surface area (Å²) in [4.78, 5) is 24.6. The van der Waals surface area contributed by atoms with Crippen molar-refractivity contribution in [3.05, 3.63) is 21.4 Å². The van der Waals surface area contributed by atoms with Crippen LogP contribution < -0.4 is 5.32 Å². The van der Waals surface area contributed by atoms with Crippen LogP contribution in [0.25, 0.3) is 0 Å². The van der Waals surface area contributed by atoms with Gasteiger partial charge in [0.1, 0.15) is 6.04 Å². The Labute approximate surface area is 116 Å². The van der Waals surface area contributed by atoms with Crippen LogP contribution >= 0.6 is 11.3 Å². The van der Waals surface area contributed by atoms with Crippen molar-refractivity contribution in [2.45, 2.75) is 45.6 Å². The smallest absolute Gasteiger partial charge is 0.326 e. The van der Waals surface area contributed by atoms with Crippen LogP contribution in [0.2, 0.25) is 0 Å². The summed E-state index contributed by atoms with van der Waals surface area (Å²) in [5.74, 6) is -1.36. The number of hydrogen-bond acceptors (Lipinski definition) is 3. The van der Waals surface area contributed by atoms with Crippen LogP contribution in [-0.2, 0) is 17.6 Å². The maximum Gasteiger partial charge on any atom is 0.326 e. The second kappa shape index (κ2) is 5.74. The van der Waals surface area contributed by atoms with E-state index in [1.165, 1.54) is 11.3 Å². The Morgan fingerprint density at radius 1 is 1.32 bits per heavy atom. The normalized spacial score (nSPS) is 15.9. The first-order chi connectivity index (χ1) is 9.00. The molecule has 1 aromatic heterocycles. The van der Waals surface area contributed by atoms with E-state index in [9.17, 15) is 9.59 Å². The van der Waals surface area contributed by atoms with E-state index >= 15 is 0 Å². The van der Waals surface area contributed by atoms with Crippen LogP contribution in [0, 0.1) is 5.92 Å². The molecule has 19 heavy (non-hydrogen) atoms. The maximum atomic E-state index is 12.2. The summed E-state index contributed by atoms with van der Waals surface area (Å²) in [7, 11) is 0. The number of rotatable bonds is 4. The van der Waals surface area contributed by atoms with E-state index in [0.717, 1.165) is 24.8 Å². The molecule has 0 fully saturated rings. The molecule has 1 aliphatic carbocycles. The fraction of sp³-hybridized carbons (Fsp3) is 0.571. The number of amides is 1. The zero-order chi connectivity index (χ0) is 14.0. The summed E-state index contributed by atoms with van der Waals surface area (Å²) in [6, 6.07) is -0.827. The number of hydrogen-bond donors (Lipinski definition) is 2. The highest BCUT2D eigenvalue weighted by molar-refractivity contribution is 7.10. The summed E-state index contributed by atoms with van der Waals surface area (Å²) in [6.07, 6.45) is 4.26. The molecule has 2 rings (SSSR count). The number of fused-ring (bicyclic) bond motifs is 1. The van der Waals surface area contributed by atoms with E-state index in [4.69, 9.17) is 5.11 Å². The minimum absolute atomic E-state index is 0.129. The number of carboxylic acids is 1. The van der Waals surface area contributed by atoms with Crippen molar-refractivity contribution in [2.75, 3.05) is 0 Å². The Morgan fingerprint density at radius 3 is 2.63 bits per heavy atom. The first-order valence-electron chi connectivity index (χ1n) is 6.63. The van der Waals surface area contributed by atoms with E-state index in [1.54, 1.807) is 25.2 Å². The van der Waals surface area contributed by atoms with Crippen LogP contribution in [0.5, 0.6) is 0 Å². The molecule has 1 aliphatic rings. The molecule has 1 heterocycles. The molecule has 0 saturated heterocycles. The molecule has 1 aromatic rings. The molecule has 0 unspecified atom stereocenters. The van der Waals surface area contributed by atoms with Gasteiger partial charge in [0.05, 0.1) is 5.56 Å². The average molecular weight is 281 g/mol.